The maximum Gasteiger partial charge on any atom is 0.244 e. The van der Waals surface area contributed by atoms with Crippen molar-refractivity contribution in [3.63, 3.8) is 0 Å². The summed E-state index contributed by atoms with van der Waals surface area (Å²) in [6, 6.07) is 13.3. The molecule has 0 saturated carbocycles. The van der Waals surface area contributed by atoms with Crippen LogP contribution in [0.25, 0.3) is 0 Å². The first kappa shape index (κ1) is 27.2. The standard InChI is InChI=1S/C25H35N3O5S/c1-7-19(3)26-25(30)20(4)27(16-21-11-8-10-18(2)14-21)24(29)17-28(34(6,31)32)22-12-9-13-23(15-22)33-5/h8-15,19-20H,7,16-17H2,1-6H3,(H,26,30)/t19-,20-/m0/s1. The van der Waals surface area contributed by atoms with E-state index in [1.165, 1.54) is 12.0 Å². The van der Waals surface area contributed by atoms with E-state index in [0.717, 1.165) is 28.1 Å². The van der Waals surface area contributed by atoms with Crippen LogP contribution in [0.4, 0.5) is 5.69 Å². The number of rotatable bonds is 11. The number of carbonyl (C=O) groups excluding carboxylic acids is 2. The second kappa shape index (κ2) is 11.9. The zero-order valence-corrected chi connectivity index (χ0v) is 21.6. The molecular formula is C25H35N3O5S. The summed E-state index contributed by atoms with van der Waals surface area (Å²) >= 11 is 0. The molecule has 0 saturated heterocycles. The first-order valence-corrected chi connectivity index (χ1v) is 13.1. The average Bonchev–Trinajstić information content (AvgIpc) is 2.79. The predicted octanol–water partition coefficient (Wildman–Crippen LogP) is 3.10. The molecule has 2 aromatic carbocycles. The smallest absolute Gasteiger partial charge is 0.244 e. The first-order valence-electron chi connectivity index (χ1n) is 11.2. The summed E-state index contributed by atoms with van der Waals surface area (Å²) in [6.45, 7) is 7.18. The summed E-state index contributed by atoms with van der Waals surface area (Å²) in [5.41, 5.74) is 2.18. The number of nitrogens with zero attached hydrogens (tertiary/aromatic N) is 2. The Morgan fingerprint density at radius 1 is 1.09 bits per heavy atom. The quantitative estimate of drug-likeness (QED) is 0.523. The Balaban J connectivity index is 2.40. The Morgan fingerprint density at radius 3 is 2.35 bits per heavy atom. The molecule has 1 N–H and O–H groups in total. The number of carbonyl (C=O) groups is 2. The van der Waals surface area contributed by atoms with Gasteiger partial charge in [-0.2, -0.15) is 0 Å². The molecule has 34 heavy (non-hydrogen) atoms. The summed E-state index contributed by atoms with van der Waals surface area (Å²) in [7, 11) is -2.31. The third-order valence-electron chi connectivity index (χ3n) is 5.62. The van der Waals surface area contributed by atoms with Crippen LogP contribution in [0.1, 0.15) is 38.3 Å². The highest BCUT2D eigenvalue weighted by Gasteiger charge is 2.30. The third kappa shape index (κ3) is 7.48. The summed E-state index contributed by atoms with van der Waals surface area (Å²) in [4.78, 5) is 27.8. The Labute approximate surface area is 202 Å². The minimum absolute atomic E-state index is 0.0461. The lowest BCUT2D eigenvalue weighted by atomic mass is 10.1. The SMILES string of the molecule is CC[C@H](C)NC(=O)[C@H](C)N(Cc1cccc(C)c1)C(=O)CN(c1cccc(OC)c1)S(C)(=O)=O. The maximum absolute atomic E-state index is 13.5. The molecule has 2 atom stereocenters. The molecule has 0 aliphatic heterocycles. The van der Waals surface area contributed by atoms with E-state index in [2.05, 4.69) is 5.32 Å². The fourth-order valence-electron chi connectivity index (χ4n) is 3.43. The van der Waals surface area contributed by atoms with Gasteiger partial charge in [0.2, 0.25) is 21.8 Å². The van der Waals surface area contributed by atoms with Gasteiger partial charge in [-0.15, -0.1) is 0 Å². The molecule has 0 radical (unpaired) electrons. The largest absolute Gasteiger partial charge is 0.497 e. The van der Waals surface area contributed by atoms with E-state index in [4.69, 9.17) is 4.74 Å². The summed E-state index contributed by atoms with van der Waals surface area (Å²) in [6.07, 6.45) is 1.80. The van der Waals surface area contributed by atoms with Crippen molar-refractivity contribution in [3.8, 4) is 5.75 Å². The van der Waals surface area contributed by atoms with Crippen molar-refractivity contribution in [2.45, 2.75) is 52.7 Å². The number of methoxy groups -OCH3 is 1. The van der Waals surface area contributed by atoms with Gasteiger partial charge in [-0.3, -0.25) is 13.9 Å². The van der Waals surface area contributed by atoms with Gasteiger partial charge in [0.1, 0.15) is 18.3 Å². The number of anilines is 1. The normalized spacial score (nSPS) is 13.0. The number of hydrogen-bond donors (Lipinski definition) is 1. The first-order chi connectivity index (χ1) is 16.0. The average molecular weight is 490 g/mol. The van der Waals surface area contributed by atoms with Crippen LogP contribution < -0.4 is 14.4 Å². The van der Waals surface area contributed by atoms with Crippen LogP contribution in [0.15, 0.2) is 48.5 Å². The van der Waals surface area contributed by atoms with Crippen LogP contribution in [0.3, 0.4) is 0 Å². The van der Waals surface area contributed by atoms with Gasteiger partial charge in [0.05, 0.1) is 19.1 Å². The Morgan fingerprint density at radius 2 is 1.76 bits per heavy atom. The summed E-state index contributed by atoms with van der Waals surface area (Å²) in [5.74, 6) is -0.305. The molecule has 0 aliphatic rings. The lowest BCUT2D eigenvalue weighted by molar-refractivity contribution is -0.139. The molecule has 2 amide bonds. The van der Waals surface area contributed by atoms with E-state index in [0.29, 0.717) is 11.4 Å². The minimum Gasteiger partial charge on any atom is -0.497 e. The molecule has 0 bridgehead atoms. The molecule has 8 nitrogen and oxygen atoms in total. The molecule has 0 fully saturated rings. The molecule has 0 aliphatic carbocycles. The van der Waals surface area contributed by atoms with Gasteiger partial charge in [0.15, 0.2) is 0 Å². The van der Waals surface area contributed by atoms with Crippen LogP contribution in [-0.2, 0) is 26.2 Å². The van der Waals surface area contributed by atoms with Gasteiger partial charge < -0.3 is 15.0 Å². The molecule has 186 valence electrons. The van der Waals surface area contributed by atoms with Crippen LogP contribution in [0.5, 0.6) is 5.75 Å². The van der Waals surface area contributed by atoms with Gasteiger partial charge >= 0.3 is 0 Å². The van der Waals surface area contributed by atoms with Crippen LogP contribution >= 0.6 is 0 Å². The Kier molecular flexibility index (Phi) is 9.49. The molecule has 0 aromatic heterocycles. The van der Waals surface area contributed by atoms with Gasteiger partial charge in [-0.1, -0.05) is 42.8 Å². The van der Waals surface area contributed by atoms with Crippen molar-refractivity contribution in [2.75, 3.05) is 24.2 Å². The predicted molar refractivity (Wildman–Crippen MR) is 134 cm³/mol. The molecule has 0 spiro atoms. The van der Waals surface area contributed by atoms with Gasteiger partial charge in [-0.05, 0) is 44.9 Å². The lowest BCUT2D eigenvalue weighted by Gasteiger charge is -2.32. The number of aryl methyl sites for hydroxylation is 1. The fourth-order valence-corrected chi connectivity index (χ4v) is 4.28. The summed E-state index contributed by atoms with van der Waals surface area (Å²) < 4.78 is 31.5. The van der Waals surface area contributed by atoms with Crippen LogP contribution in [0, 0.1) is 6.92 Å². The van der Waals surface area contributed by atoms with Gasteiger partial charge in [-0.25, -0.2) is 8.42 Å². The molecular weight excluding hydrogens is 454 g/mol. The van der Waals surface area contributed by atoms with Crippen molar-refractivity contribution in [1.82, 2.24) is 10.2 Å². The van der Waals surface area contributed by atoms with Gasteiger partial charge in [0.25, 0.3) is 0 Å². The maximum atomic E-state index is 13.5. The zero-order chi connectivity index (χ0) is 25.5. The fraction of sp³-hybridized carbons (Fsp3) is 0.440. The molecule has 0 unspecified atom stereocenters. The van der Waals surface area contributed by atoms with Crippen LogP contribution in [-0.4, -0.2) is 57.1 Å². The number of sulfonamides is 1. The van der Waals surface area contributed by atoms with Crippen molar-refractivity contribution in [2.24, 2.45) is 0 Å². The van der Waals surface area contributed by atoms with E-state index in [1.54, 1.807) is 31.2 Å². The highest BCUT2D eigenvalue weighted by molar-refractivity contribution is 7.92. The van der Waals surface area contributed by atoms with Crippen molar-refractivity contribution in [1.29, 1.82) is 0 Å². The van der Waals surface area contributed by atoms with Crippen LogP contribution in [0.2, 0.25) is 0 Å². The van der Waals surface area contributed by atoms with Crippen molar-refractivity contribution < 1.29 is 22.7 Å². The third-order valence-corrected chi connectivity index (χ3v) is 6.76. The van der Waals surface area contributed by atoms with E-state index in [1.807, 2.05) is 45.0 Å². The molecule has 2 aromatic rings. The highest BCUT2D eigenvalue weighted by Crippen LogP contribution is 2.23. The number of ether oxygens (including phenoxy) is 1. The number of benzene rings is 2. The monoisotopic (exact) mass is 489 g/mol. The second-order valence-corrected chi connectivity index (χ2v) is 10.4. The van der Waals surface area contributed by atoms with E-state index in [-0.39, 0.29) is 18.5 Å². The minimum atomic E-state index is -3.79. The Hall–Kier alpha value is -3.07. The number of nitrogens with one attached hydrogen (secondary N) is 1. The van der Waals surface area contributed by atoms with Crippen molar-refractivity contribution >= 4 is 27.5 Å². The lowest BCUT2D eigenvalue weighted by Crippen LogP contribution is -2.52. The highest BCUT2D eigenvalue weighted by atomic mass is 32.2. The summed E-state index contributed by atoms with van der Waals surface area (Å²) in [5, 5.41) is 2.91. The molecule has 0 heterocycles. The molecule has 2 rings (SSSR count). The second-order valence-electron chi connectivity index (χ2n) is 8.48. The van der Waals surface area contributed by atoms with Gasteiger partial charge in [0, 0.05) is 18.7 Å². The van der Waals surface area contributed by atoms with E-state index >= 15 is 0 Å². The van der Waals surface area contributed by atoms with Crippen molar-refractivity contribution in [3.05, 3.63) is 59.7 Å². The van der Waals surface area contributed by atoms with E-state index in [9.17, 15) is 18.0 Å². The topological polar surface area (TPSA) is 96.0 Å². The molecule has 9 heteroatoms. The van der Waals surface area contributed by atoms with E-state index < -0.39 is 28.5 Å². The number of amides is 2. The zero-order valence-electron chi connectivity index (χ0n) is 20.7. The Bertz CT molecular complexity index is 1100. The number of hydrogen-bond acceptors (Lipinski definition) is 5.